The summed E-state index contributed by atoms with van der Waals surface area (Å²) >= 11 is 0. The summed E-state index contributed by atoms with van der Waals surface area (Å²) in [4.78, 5) is 0. The van der Waals surface area contributed by atoms with Crippen molar-refractivity contribution < 1.29 is 32.5 Å². The highest BCUT2D eigenvalue weighted by Gasteiger charge is 2.20. The lowest BCUT2D eigenvalue weighted by atomic mass is 9.86. The van der Waals surface area contributed by atoms with E-state index in [0.29, 0.717) is 6.79 Å². The van der Waals surface area contributed by atoms with Crippen LogP contribution in [0.2, 0.25) is 0 Å². The molecule has 6 aromatic rings. The molecule has 0 saturated heterocycles. The van der Waals surface area contributed by atoms with E-state index < -0.39 is 0 Å². The third-order valence-corrected chi connectivity index (χ3v) is 10.7. The van der Waals surface area contributed by atoms with Crippen LogP contribution in [0.1, 0.15) is 132 Å². The highest BCUT2D eigenvalue weighted by atomic mass is 19.1. The van der Waals surface area contributed by atoms with Gasteiger partial charge in [0.05, 0.1) is 27.6 Å². The Labute approximate surface area is 391 Å². The van der Waals surface area contributed by atoms with Crippen LogP contribution in [0.5, 0.6) is 28.7 Å². The lowest BCUT2D eigenvalue weighted by Gasteiger charge is -2.20. The second-order valence-corrected chi connectivity index (χ2v) is 21.2. The average Bonchev–Trinajstić information content (AvgIpc) is 3.96. The van der Waals surface area contributed by atoms with E-state index in [1.165, 1.54) is 39.9 Å². The van der Waals surface area contributed by atoms with E-state index in [1.54, 1.807) is 27.6 Å². The van der Waals surface area contributed by atoms with Crippen molar-refractivity contribution in [3.8, 4) is 40.1 Å². The summed E-state index contributed by atoms with van der Waals surface area (Å²) in [5.41, 5.74) is 8.36. The Hall–Kier alpha value is -5.69. The Bertz CT molecular complexity index is 2290. The molecule has 0 N–H and O–H groups in total. The van der Waals surface area contributed by atoms with Gasteiger partial charge in [0.2, 0.25) is 6.79 Å². The van der Waals surface area contributed by atoms with Gasteiger partial charge in [0, 0.05) is 5.56 Å². The van der Waals surface area contributed by atoms with Gasteiger partial charge in [-0.3, -0.25) is 0 Å². The number of benzene rings is 5. The average molecular weight is 889 g/mol. The molecular weight excluding hydrogens is 812 g/mol. The molecule has 0 radical (unpaired) electrons. The quantitative estimate of drug-likeness (QED) is 0.176. The van der Waals surface area contributed by atoms with Crippen molar-refractivity contribution in [2.75, 3.05) is 28.1 Å². The molecule has 0 fully saturated rings. The van der Waals surface area contributed by atoms with Crippen LogP contribution in [0.15, 0.2) is 132 Å². The summed E-state index contributed by atoms with van der Waals surface area (Å²) in [6.45, 7) is 33.0. The molecule has 7 heteroatoms. The van der Waals surface area contributed by atoms with Crippen LogP contribution < -0.4 is 23.7 Å². The highest BCUT2D eigenvalue weighted by molar-refractivity contribution is 5.57. The van der Waals surface area contributed by atoms with Crippen molar-refractivity contribution in [1.29, 1.82) is 0 Å². The zero-order valence-electron chi connectivity index (χ0n) is 42.7. The molecule has 0 bridgehead atoms. The molecule has 0 aliphatic carbocycles. The Balaban J connectivity index is 0.000000217. The fourth-order valence-corrected chi connectivity index (χ4v) is 6.28. The second kappa shape index (κ2) is 23.0. The van der Waals surface area contributed by atoms with Gasteiger partial charge in [-0.25, -0.2) is 4.39 Å². The molecule has 0 amide bonds. The van der Waals surface area contributed by atoms with Crippen molar-refractivity contribution in [3.05, 3.63) is 161 Å². The number of methoxy groups -OCH3 is 3. The number of fused-ring (bicyclic) bond motifs is 1. The van der Waals surface area contributed by atoms with E-state index >= 15 is 0 Å². The Morgan fingerprint density at radius 2 is 0.831 bits per heavy atom. The number of halogens is 1. The summed E-state index contributed by atoms with van der Waals surface area (Å²) in [5.74, 6) is 4.97. The summed E-state index contributed by atoms with van der Waals surface area (Å²) in [6, 6.07) is 39.5. The van der Waals surface area contributed by atoms with Crippen LogP contribution in [0.3, 0.4) is 0 Å². The fourth-order valence-electron chi connectivity index (χ4n) is 6.28. The maximum absolute atomic E-state index is 12.5. The monoisotopic (exact) mass is 889 g/mol. The van der Waals surface area contributed by atoms with Crippen LogP contribution in [0, 0.1) is 5.82 Å². The highest BCUT2D eigenvalue weighted by Crippen LogP contribution is 2.36. The van der Waals surface area contributed by atoms with Crippen molar-refractivity contribution >= 4 is 0 Å². The lowest BCUT2D eigenvalue weighted by Crippen LogP contribution is -2.11. The maximum Gasteiger partial charge on any atom is 0.231 e. The van der Waals surface area contributed by atoms with Crippen molar-refractivity contribution in [3.63, 3.8) is 0 Å². The molecular formula is C58H77FO6. The van der Waals surface area contributed by atoms with Crippen molar-refractivity contribution in [2.24, 2.45) is 0 Å². The molecule has 6 nitrogen and oxygen atoms in total. The Morgan fingerprint density at radius 1 is 0.415 bits per heavy atom. The van der Waals surface area contributed by atoms with Crippen molar-refractivity contribution in [2.45, 2.75) is 131 Å². The molecule has 1 aromatic heterocycles. The van der Waals surface area contributed by atoms with Gasteiger partial charge < -0.3 is 28.1 Å². The molecule has 2 heterocycles. The third kappa shape index (κ3) is 17.3. The number of hydrogen-bond donors (Lipinski definition) is 0. The first-order valence-corrected chi connectivity index (χ1v) is 22.3. The fraction of sp³-hybridized carbons (Fsp3) is 0.414. The van der Waals surface area contributed by atoms with Gasteiger partial charge in [0.25, 0.3) is 0 Å². The van der Waals surface area contributed by atoms with Gasteiger partial charge in [0.15, 0.2) is 23.0 Å². The topological polar surface area (TPSA) is 59.3 Å². The molecule has 7 rings (SSSR count). The van der Waals surface area contributed by atoms with Crippen molar-refractivity contribution in [1.82, 2.24) is 0 Å². The minimum atomic E-state index is -0.169. The first-order valence-electron chi connectivity index (χ1n) is 22.3. The molecule has 0 saturated carbocycles. The molecule has 0 spiro atoms. The predicted molar refractivity (Wildman–Crippen MR) is 269 cm³/mol. The van der Waals surface area contributed by atoms with E-state index in [0.717, 1.165) is 40.1 Å². The normalized spacial score (nSPS) is 12.1. The molecule has 1 aliphatic rings. The maximum atomic E-state index is 12.5. The Kier molecular flexibility index (Phi) is 19.0. The lowest BCUT2D eigenvalue weighted by molar-refractivity contribution is 0.174. The molecule has 0 atom stereocenters. The zero-order valence-corrected chi connectivity index (χ0v) is 42.7. The SMILES string of the molecule is CC(C)(C)c1ccc(-c2ccco2)cc1.CC(C)(C)c1ccc(F)cc1.CC(C)(C)c1ccc2c(c1)OCO2.COc1ccc(C(C)(C)C)cc1.COc1ccc(C(C)(C)C)cc1OC. The molecule has 0 unspecified atom stereocenters. The summed E-state index contributed by atoms with van der Waals surface area (Å²) in [6.07, 6.45) is 1.70. The van der Waals surface area contributed by atoms with Crippen LogP contribution in [0.25, 0.3) is 11.3 Å². The van der Waals surface area contributed by atoms with E-state index in [9.17, 15) is 4.39 Å². The van der Waals surface area contributed by atoms with Gasteiger partial charge in [-0.2, -0.15) is 0 Å². The van der Waals surface area contributed by atoms with Crippen LogP contribution >= 0.6 is 0 Å². The van der Waals surface area contributed by atoms with Gasteiger partial charge in [-0.15, -0.1) is 0 Å². The van der Waals surface area contributed by atoms with E-state index in [1.807, 2.05) is 54.6 Å². The summed E-state index contributed by atoms with van der Waals surface area (Å²) in [7, 11) is 4.99. The number of rotatable bonds is 4. The van der Waals surface area contributed by atoms with Gasteiger partial charge >= 0.3 is 0 Å². The smallest absolute Gasteiger partial charge is 0.231 e. The third-order valence-electron chi connectivity index (χ3n) is 10.7. The first kappa shape index (κ1) is 53.6. The molecule has 352 valence electrons. The summed E-state index contributed by atoms with van der Waals surface area (Å²) in [5, 5.41) is 0. The van der Waals surface area contributed by atoms with Gasteiger partial charge in [-0.05, 0) is 116 Å². The van der Waals surface area contributed by atoms with Crippen LogP contribution in [-0.4, -0.2) is 28.1 Å². The predicted octanol–water partition coefficient (Wildman–Crippen LogP) is 16.1. The number of hydrogen-bond acceptors (Lipinski definition) is 6. The number of furan rings is 1. The molecule has 1 aliphatic heterocycles. The van der Waals surface area contributed by atoms with E-state index in [4.69, 9.17) is 28.1 Å². The molecule has 65 heavy (non-hydrogen) atoms. The standard InChI is InChI=1S/C14H16O.C12H18O2.C11H14O2.C11H16O.C10H13F/c1-14(2,3)12-8-6-11(7-9-12)13-5-4-10-15-13;1-12(2,3)9-6-7-10(13-4)11(8-9)14-5;1-11(2,3)8-4-5-9-10(6-8)13-7-12-9;1-11(2,3)9-5-7-10(12-4)8-6-9;1-10(2,3)8-4-6-9(11)7-5-8/h4-10H,1-3H3;6-8H,1-5H3;4-6H,7H2,1-3H3;5-8H,1-4H3;4-7H,1-3H3. The number of ether oxygens (including phenoxy) is 5. The van der Waals surface area contributed by atoms with Gasteiger partial charge in [-0.1, -0.05) is 165 Å². The molecule has 5 aromatic carbocycles. The Morgan fingerprint density at radius 3 is 1.26 bits per heavy atom. The van der Waals surface area contributed by atoms with Crippen LogP contribution in [-0.2, 0) is 27.1 Å². The second-order valence-electron chi connectivity index (χ2n) is 21.2. The minimum Gasteiger partial charge on any atom is -0.497 e. The van der Waals surface area contributed by atoms with Gasteiger partial charge in [0.1, 0.15) is 17.3 Å². The van der Waals surface area contributed by atoms with E-state index in [2.05, 4.69) is 158 Å². The first-order chi connectivity index (χ1) is 30.2. The van der Waals surface area contributed by atoms with Crippen LogP contribution in [0.4, 0.5) is 4.39 Å². The van der Waals surface area contributed by atoms with E-state index in [-0.39, 0.29) is 32.9 Å². The zero-order chi connectivity index (χ0) is 48.8. The summed E-state index contributed by atoms with van der Waals surface area (Å²) < 4.78 is 43.9. The largest absolute Gasteiger partial charge is 0.497 e. The minimum absolute atomic E-state index is 0.119.